The third kappa shape index (κ3) is 5.06. The first-order chi connectivity index (χ1) is 9.37. The van der Waals surface area contributed by atoms with E-state index in [1.54, 1.807) is 0 Å². The van der Waals surface area contributed by atoms with E-state index in [2.05, 4.69) is 8.92 Å². The molecule has 0 N–H and O–H groups in total. The van der Waals surface area contributed by atoms with Gasteiger partial charge >= 0.3 is 5.97 Å². The summed E-state index contributed by atoms with van der Waals surface area (Å²) in [6.45, 7) is -0.0816. The van der Waals surface area contributed by atoms with Crippen LogP contribution in [-0.4, -0.2) is 48.1 Å². The van der Waals surface area contributed by atoms with Gasteiger partial charge in [-0.15, -0.1) is 0 Å². The van der Waals surface area contributed by atoms with Gasteiger partial charge in [-0.2, -0.15) is 8.42 Å². The molecule has 0 fully saturated rings. The Bertz CT molecular complexity index is 565. The smallest absolute Gasteiger partial charge is 0.337 e. The van der Waals surface area contributed by atoms with Crippen LogP contribution in [0.15, 0.2) is 18.2 Å². The van der Waals surface area contributed by atoms with E-state index in [-0.39, 0.29) is 13.2 Å². The number of hydrogen-bond acceptors (Lipinski definition) is 7. The van der Waals surface area contributed by atoms with Crippen LogP contribution in [0.25, 0.3) is 0 Å². The fourth-order valence-electron chi connectivity index (χ4n) is 1.37. The van der Waals surface area contributed by atoms with Crippen LogP contribution in [0.1, 0.15) is 10.4 Å². The van der Waals surface area contributed by atoms with Crippen molar-refractivity contribution >= 4 is 16.1 Å². The molecule has 0 aliphatic rings. The number of ether oxygens (including phenoxy) is 3. The standard InChI is InChI=1S/C12H16O7S/c1-16-11-8-9(12(13)17-2)4-5-10(11)18-6-7-19-20(3,14)15/h4-5,8H,6-7H2,1-3H3. The quantitative estimate of drug-likeness (QED) is 0.419. The van der Waals surface area contributed by atoms with Crippen molar-refractivity contribution in [1.82, 2.24) is 0 Å². The first-order valence-electron chi connectivity index (χ1n) is 5.61. The Kier molecular flexibility index (Phi) is 5.78. The normalized spacial score (nSPS) is 10.9. The minimum Gasteiger partial charge on any atom is -0.493 e. The van der Waals surface area contributed by atoms with E-state index in [9.17, 15) is 13.2 Å². The molecule has 0 atom stereocenters. The maximum absolute atomic E-state index is 11.4. The molecule has 0 aromatic heterocycles. The van der Waals surface area contributed by atoms with E-state index in [0.29, 0.717) is 17.1 Å². The zero-order valence-corrected chi connectivity index (χ0v) is 12.2. The van der Waals surface area contributed by atoms with Gasteiger partial charge in [-0.05, 0) is 18.2 Å². The summed E-state index contributed by atoms with van der Waals surface area (Å²) < 4.78 is 41.1. The summed E-state index contributed by atoms with van der Waals surface area (Å²) in [6, 6.07) is 4.52. The fraction of sp³-hybridized carbons (Fsp3) is 0.417. The Labute approximate surface area is 117 Å². The van der Waals surface area contributed by atoms with E-state index >= 15 is 0 Å². The number of hydrogen-bond donors (Lipinski definition) is 0. The van der Waals surface area contributed by atoms with Gasteiger partial charge in [-0.3, -0.25) is 4.18 Å². The Morgan fingerprint density at radius 1 is 1.15 bits per heavy atom. The molecule has 0 saturated carbocycles. The molecule has 20 heavy (non-hydrogen) atoms. The molecule has 112 valence electrons. The van der Waals surface area contributed by atoms with Gasteiger partial charge in [0.15, 0.2) is 11.5 Å². The van der Waals surface area contributed by atoms with E-state index < -0.39 is 16.1 Å². The third-order valence-corrected chi connectivity index (χ3v) is 2.82. The van der Waals surface area contributed by atoms with Crippen molar-refractivity contribution in [1.29, 1.82) is 0 Å². The zero-order chi connectivity index (χ0) is 15.2. The predicted octanol–water partition coefficient (Wildman–Crippen LogP) is 0.837. The lowest BCUT2D eigenvalue weighted by Gasteiger charge is -2.11. The van der Waals surface area contributed by atoms with Gasteiger partial charge in [0, 0.05) is 0 Å². The minimum atomic E-state index is -3.49. The molecule has 0 saturated heterocycles. The van der Waals surface area contributed by atoms with E-state index in [4.69, 9.17) is 9.47 Å². The highest BCUT2D eigenvalue weighted by molar-refractivity contribution is 7.85. The average Bonchev–Trinajstić information content (AvgIpc) is 2.41. The van der Waals surface area contributed by atoms with Crippen molar-refractivity contribution in [2.75, 3.05) is 33.7 Å². The van der Waals surface area contributed by atoms with Crippen molar-refractivity contribution in [3.8, 4) is 11.5 Å². The van der Waals surface area contributed by atoms with Crippen LogP contribution in [-0.2, 0) is 19.0 Å². The van der Waals surface area contributed by atoms with Crippen molar-refractivity contribution in [2.45, 2.75) is 0 Å². The van der Waals surface area contributed by atoms with Crippen LogP contribution < -0.4 is 9.47 Å². The molecule has 0 radical (unpaired) electrons. The number of rotatable bonds is 7. The third-order valence-electron chi connectivity index (χ3n) is 2.22. The van der Waals surface area contributed by atoms with Crippen LogP contribution in [0.4, 0.5) is 0 Å². The number of carbonyl (C=O) groups excluding carboxylic acids is 1. The first-order valence-corrected chi connectivity index (χ1v) is 7.42. The summed E-state index contributed by atoms with van der Waals surface area (Å²) in [4.78, 5) is 11.4. The van der Waals surface area contributed by atoms with Gasteiger partial charge in [-0.1, -0.05) is 0 Å². The van der Waals surface area contributed by atoms with Gasteiger partial charge in [0.2, 0.25) is 0 Å². The minimum absolute atomic E-state index is 0.0288. The Hall–Kier alpha value is -1.80. The lowest BCUT2D eigenvalue weighted by Crippen LogP contribution is -2.11. The molecule has 0 amide bonds. The molecule has 0 aliphatic heterocycles. The Morgan fingerprint density at radius 3 is 2.40 bits per heavy atom. The molecule has 1 rings (SSSR count). The van der Waals surface area contributed by atoms with Crippen LogP contribution in [0.5, 0.6) is 11.5 Å². The molecule has 0 spiro atoms. The van der Waals surface area contributed by atoms with Gasteiger partial charge in [-0.25, -0.2) is 4.79 Å². The van der Waals surface area contributed by atoms with Crippen molar-refractivity contribution in [3.05, 3.63) is 23.8 Å². The van der Waals surface area contributed by atoms with Crippen LogP contribution in [0.3, 0.4) is 0 Å². The summed E-state index contributed by atoms with van der Waals surface area (Å²) in [7, 11) is -0.782. The van der Waals surface area contributed by atoms with Crippen molar-refractivity contribution in [3.63, 3.8) is 0 Å². The van der Waals surface area contributed by atoms with Gasteiger partial charge in [0.05, 0.1) is 26.0 Å². The first kappa shape index (κ1) is 16.3. The topological polar surface area (TPSA) is 88.1 Å². The van der Waals surface area contributed by atoms with Crippen LogP contribution >= 0.6 is 0 Å². The molecular weight excluding hydrogens is 288 g/mol. The van der Waals surface area contributed by atoms with Gasteiger partial charge in [0.25, 0.3) is 10.1 Å². The summed E-state index contributed by atoms with van der Waals surface area (Å²) in [5.74, 6) is 0.222. The molecule has 0 unspecified atom stereocenters. The van der Waals surface area contributed by atoms with E-state index in [1.807, 2.05) is 0 Å². The predicted molar refractivity (Wildman–Crippen MR) is 70.6 cm³/mol. The van der Waals surface area contributed by atoms with Crippen LogP contribution in [0, 0.1) is 0 Å². The highest BCUT2D eigenvalue weighted by atomic mass is 32.2. The lowest BCUT2D eigenvalue weighted by atomic mass is 10.2. The molecule has 8 heteroatoms. The summed E-state index contributed by atoms with van der Waals surface area (Å²) in [5.41, 5.74) is 0.323. The second-order valence-corrected chi connectivity index (χ2v) is 5.38. The summed E-state index contributed by atoms with van der Waals surface area (Å²) in [6.07, 6.45) is 0.957. The molecular formula is C12H16O7S. The fourth-order valence-corrected chi connectivity index (χ4v) is 1.74. The molecule has 1 aromatic rings. The second kappa shape index (κ2) is 7.11. The maximum atomic E-state index is 11.4. The van der Waals surface area contributed by atoms with Crippen molar-refractivity contribution < 1.29 is 31.6 Å². The Morgan fingerprint density at radius 2 is 1.85 bits per heavy atom. The molecule has 0 heterocycles. The zero-order valence-electron chi connectivity index (χ0n) is 11.4. The second-order valence-electron chi connectivity index (χ2n) is 3.73. The highest BCUT2D eigenvalue weighted by Crippen LogP contribution is 2.28. The van der Waals surface area contributed by atoms with E-state index in [1.165, 1.54) is 32.4 Å². The summed E-state index contributed by atoms with van der Waals surface area (Å²) >= 11 is 0. The SMILES string of the molecule is COC(=O)c1ccc(OCCOS(C)(=O)=O)c(OC)c1. The number of esters is 1. The van der Waals surface area contributed by atoms with Crippen LogP contribution in [0.2, 0.25) is 0 Å². The molecule has 7 nitrogen and oxygen atoms in total. The monoisotopic (exact) mass is 304 g/mol. The summed E-state index contributed by atoms with van der Waals surface area (Å²) in [5, 5.41) is 0. The van der Waals surface area contributed by atoms with E-state index in [0.717, 1.165) is 6.26 Å². The van der Waals surface area contributed by atoms with Crippen molar-refractivity contribution in [2.24, 2.45) is 0 Å². The number of methoxy groups -OCH3 is 2. The lowest BCUT2D eigenvalue weighted by molar-refractivity contribution is 0.0600. The molecule has 1 aromatic carbocycles. The maximum Gasteiger partial charge on any atom is 0.337 e. The average molecular weight is 304 g/mol. The Balaban J connectivity index is 2.68. The number of carbonyl (C=O) groups is 1. The molecule has 0 aliphatic carbocycles. The van der Waals surface area contributed by atoms with Gasteiger partial charge < -0.3 is 14.2 Å². The highest BCUT2D eigenvalue weighted by Gasteiger charge is 2.11. The number of benzene rings is 1. The largest absolute Gasteiger partial charge is 0.493 e. The molecule has 0 bridgehead atoms. The van der Waals surface area contributed by atoms with Gasteiger partial charge in [0.1, 0.15) is 13.2 Å².